The number of hydrogen-bond donors (Lipinski definition) is 8. The number of rotatable bonds is 13. The number of carboxylic acid groups (broad SMARTS) is 1. The summed E-state index contributed by atoms with van der Waals surface area (Å²) in [5.74, 6) is -4.01. The molecular weight excluding hydrogens is 470 g/mol. The molecule has 0 aliphatic carbocycles. The SMILES string of the molecule is CCC(C)C(N)C(=O)NC(C(=O)NC(CO)C(=O)NC(Cc1c[nH]c2ccccc12)C(=O)O)C(C)O. The maximum atomic E-state index is 12.7. The second-order valence-electron chi connectivity index (χ2n) is 8.84. The third-order valence-corrected chi connectivity index (χ3v) is 6.15. The first-order valence-corrected chi connectivity index (χ1v) is 11.7. The summed E-state index contributed by atoms with van der Waals surface area (Å²) in [4.78, 5) is 52.7. The highest BCUT2D eigenvalue weighted by molar-refractivity contribution is 5.94. The molecule has 6 atom stereocenters. The van der Waals surface area contributed by atoms with Gasteiger partial charge in [0.2, 0.25) is 17.7 Å². The minimum absolute atomic E-state index is 0.0446. The van der Waals surface area contributed by atoms with Crippen molar-refractivity contribution >= 4 is 34.6 Å². The lowest BCUT2D eigenvalue weighted by molar-refractivity contribution is -0.142. The predicted octanol–water partition coefficient (Wildman–Crippen LogP) is -1.00. The molecule has 1 heterocycles. The zero-order valence-electron chi connectivity index (χ0n) is 20.5. The van der Waals surface area contributed by atoms with E-state index in [1.165, 1.54) is 6.92 Å². The van der Waals surface area contributed by atoms with Crippen LogP contribution < -0.4 is 21.7 Å². The zero-order chi connectivity index (χ0) is 27.0. The molecule has 12 nitrogen and oxygen atoms in total. The van der Waals surface area contributed by atoms with Crippen LogP contribution >= 0.6 is 0 Å². The summed E-state index contributed by atoms with van der Waals surface area (Å²) in [5, 5.41) is 37.1. The molecular formula is C24H35N5O7. The van der Waals surface area contributed by atoms with Crippen LogP contribution in [-0.2, 0) is 25.6 Å². The number of H-pyrrole nitrogens is 1. The monoisotopic (exact) mass is 505 g/mol. The van der Waals surface area contributed by atoms with E-state index in [1.54, 1.807) is 19.2 Å². The van der Waals surface area contributed by atoms with E-state index in [2.05, 4.69) is 20.9 Å². The second kappa shape index (κ2) is 13.0. The van der Waals surface area contributed by atoms with Gasteiger partial charge in [-0.2, -0.15) is 0 Å². The number of nitrogens with two attached hydrogens (primary N) is 1. The van der Waals surface area contributed by atoms with Gasteiger partial charge in [0.05, 0.1) is 18.8 Å². The van der Waals surface area contributed by atoms with Crippen molar-refractivity contribution in [3.8, 4) is 0 Å². The molecule has 9 N–H and O–H groups in total. The number of nitrogens with one attached hydrogen (secondary N) is 4. The van der Waals surface area contributed by atoms with Crippen LogP contribution in [0.2, 0.25) is 0 Å². The summed E-state index contributed by atoms with van der Waals surface area (Å²) in [7, 11) is 0. The fraction of sp³-hybridized carbons (Fsp3) is 0.500. The molecule has 198 valence electrons. The number of carbonyl (C=O) groups is 4. The minimum atomic E-state index is -1.52. The Balaban J connectivity index is 2.08. The Bertz CT molecular complexity index is 1070. The van der Waals surface area contributed by atoms with Crippen LogP contribution in [0.1, 0.15) is 32.8 Å². The van der Waals surface area contributed by atoms with Gasteiger partial charge in [0.1, 0.15) is 18.1 Å². The summed E-state index contributed by atoms with van der Waals surface area (Å²) in [6.07, 6.45) is 0.889. The Morgan fingerprint density at radius 3 is 2.22 bits per heavy atom. The van der Waals surface area contributed by atoms with Crippen molar-refractivity contribution in [2.45, 2.75) is 63.9 Å². The van der Waals surface area contributed by atoms with Gasteiger partial charge in [-0.05, 0) is 24.5 Å². The first-order valence-electron chi connectivity index (χ1n) is 11.7. The van der Waals surface area contributed by atoms with Crippen LogP contribution in [0.15, 0.2) is 30.5 Å². The highest BCUT2D eigenvalue weighted by atomic mass is 16.4. The molecule has 0 saturated heterocycles. The van der Waals surface area contributed by atoms with Gasteiger partial charge >= 0.3 is 5.97 Å². The zero-order valence-corrected chi connectivity index (χ0v) is 20.5. The van der Waals surface area contributed by atoms with Crippen molar-refractivity contribution in [1.82, 2.24) is 20.9 Å². The van der Waals surface area contributed by atoms with E-state index in [1.807, 2.05) is 25.1 Å². The second-order valence-corrected chi connectivity index (χ2v) is 8.84. The van der Waals surface area contributed by atoms with E-state index in [4.69, 9.17) is 5.73 Å². The highest BCUT2D eigenvalue weighted by Crippen LogP contribution is 2.19. The maximum Gasteiger partial charge on any atom is 0.326 e. The summed E-state index contributed by atoms with van der Waals surface area (Å²) in [5.41, 5.74) is 7.35. The topological polar surface area (TPSA) is 207 Å². The van der Waals surface area contributed by atoms with Gasteiger partial charge in [-0.15, -0.1) is 0 Å². The number of aliphatic carboxylic acids is 1. The van der Waals surface area contributed by atoms with Crippen LogP contribution in [0.4, 0.5) is 0 Å². The number of fused-ring (bicyclic) bond motifs is 1. The number of benzene rings is 1. The first-order chi connectivity index (χ1) is 17.0. The molecule has 3 amide bonds. The number of aromatic nitrogens is 1. The van der Waals surface area contributed by atoms with Crippen LogP contribution in [-0.4, -0.2) is 80.9 Å². The van der Waals surface area contributed by atoms with Crippen LogP contribution in [0.25, 0.3) is 10.9 Å². The normalized spacial score (nSPS) is 16.3. The molecule has 0 aliphatic heterocycles. The van der Waals surface area contributed by atoms with Crippen molar-refractivity contribution in [3.05, 3.63) is 36.0 Å². The third kappa shape index (κ3) is 7.26. The molecule has 0 spiro atoms. The highest BCUT2D eigenvalue weighted by Gasteiger charge is 2.33. The van der Waals surface area contributed by atoms with Gasteiger partial charge in [0.15, 0.2) is 0 Å². The maximum absolute atomic E-state index is 12.7. The Kier molecular flexibility index (Phi) is 10.4. The van der Waals surface area contributed by atoms with E-state index in [0.717, 1.165) is 10.9 Å². The summed E-state index contributed by atoms with van der Waals surface area (Å²) >= 11 is 0. The molecule has 1 aromatic carbocycles. The van der Waals surface area contributed by atoms with E-state index in [0.29, 0.717) is 12.0 Å². The quantitative estimate of drug-likeness (QED) is 0.169. The van der Waals surface area contributed by atoms with Gasteiger partial charge in [0, 0.05) is 23.5 Å². The fourth-order valence-corrected chi connectivity index (χ4v) is 3.62. The molecule has 0 bridgehead atoms. The molecule has 2 rings (SSSR count). The standard InChI is InChI=1S/C24H35N5O7/c1-4-12(2)19(25)22(33)29-20(13(3)31)23(34)28-18(11-30)21(32)27-17(24(35)36)9-14-10-26-16-8-6-5-7-15(14)16/h5-8,10,12-13,17-20,26,30-31H,4,9,11,25H2,1-3H3,(H,27,32)(H,28,34)(H,29,33)(H,35,36). The average molecular weight is 506 g/mol. The van der Waals surface area contributed by atoms with Crippen molar-refractivity contribution in [2.24, 2.45) is 11.7 Å². The number of carboxylic acids is 1. The van der Waals surface area contributed by atoms with E-state index in [-0.39, 0.29) is 12.3 Å². The van der Waals surface area contributed by atoms with Gasteiger partial charge < -0.3 is 42.0 Å². The molecule has 0 saturated carbocycles. The van der Waals surface area contributed by atoms with Crippen molar-refractivity contribution < 1.29 is 34.5 Å². The number of hydrogen-bond acceptors (Lipinski definition) is 7. The number of para-hydroxylation sites is 1. The number of aliphatic hydroxyl groups excluding tert-OH is 2. The molecule has 12 heteroatoms. The number of aromatic amines is 1. The Morgan fingerprint density at radius 2 is 1.64 bits per heavy atom. The van der Waals surface area contributed by atoms with Crippen molar-refractivity contribution in [2.75, 3.05) is 6.61 Å². The summed E-state index contributed by atoms with van der Waals surface area (Å²) < 4.78 is 0. The van der Waals surface area contributed by atoms with Crippen molar-refractivity contribution in [1.29, 1.82) is 0 Å². The van der Waals surface area contributed by atoms with Gasteiger partial charge in [-0.1, -0.05) is 38.5 Å². The van der Waals surface area contributed by atoms with Crippen molar-refractivity contribution in [3.63, 3.8) is 0 Å². The smallest absolute Gasteiger partial charge is 0.326 e. The Hall–Kier alpha value is -3.48. The Labute approximate surface area is 208 Å². The van der Waals surface area contributed by atoms with Gasteiger partial charge in [-0.3, -0.25) is 14.4 Å². The molecule has 0 radical (unpaired) electrons. The van der Waals surface area contributed by atoms with E-state index < -0.39 is 60.6 Å². The van der Waals surface area contributed by atoms with E-state index in [9.17, 15) is 34.5 Å². The molecule has 36 heavy (non-hydrogen) atoms. The average Bonchev–Trinajstić information content (AvgIpc) is 3.26. The lowest BCUT2D eigenvalue weighted by Gasteiger charge is -2.26. The van der Waals surface area contributed by atoms with Gasteiger partial charge in [0.25, 0.3) is 0 Å². The summed E-state index contributed by atoms with van der Waals surface area (Å²) in [6, 6.07) is 2.05. The molecule has 0 aliphatic rings. The number of amides is 3. The first kappa shape index (κ1) is 28.8. The lowest BCUT2D eigenvalue weighted by atomic mass is 9.98. The molecule has 1 aromatic heterocycles. The number of aliphatic hydroxyl groups is 2. The molecule has 6 unspecified atom stereocenters. The fourth-order valence-electron chi connectivity index (χ4n) is 3.62. The summed E-state index contributed by atoms with van der Waals surface area (Å²) in [6.45, 7) is 4.05. The molecule has 2 aromatic rings. The largest absolute Gasteiger partial charge is 0.480 e. The minimum Gasteiger partial charge on any atom is -0.480 e. The molecule has 0 fully saturated rings. The van der Waals surface area contributed by atoms with Crippen LogP contribution in [0.3, 0.4) is 0 Å². The van der Waals surface area contributed by atoms with Crippen LogP contribution in [0, 0.1) is 5.92 Å². The Morgan fingerprint density at radius 1 is 1.00 bits per heavy atom. The third-order valence-electron chi connectivity index (χ3n) is 6.15. The number of carbonyl (C=O) groups excluding carboxylic acids is 3. The lowest BCUT2D eigenvalue weighted by Crippen LogP contribution is -2.61. The predicted molar refractivity (Wildman–Crippen MR) is 132 cm³/mol. The van der Waals surface area contributed by atoms with Gasteiger partial charge in [-0.25, -0.2) is 4.79 Å². The van der Waals surface area contributed by atoms with Crippen LogP contribution in [0.5, 0.6) is 0 Å². The van der Waals surface area contributed by atoms with E-state index >= 15 is 0 Å².